The van der Waals surface area contributed by atoms with Gasteiger partial charge in [-0.05, 0) is 0 Å². The molecule has 0 heterocycles. The van der Waals surface area contributed by atoms with Gasteiger partial charge in [-0.3, -0.25) is 0 Å². The fourth-order valence-corrected chi connectivity index (χ4v) is 9.46. The zero-order chi connectivity index (χ0) is 5.86. The Bertz CT molecular complexity index is 87.1. The first-order valence-electron chi connectivity index (χ1n) is 1.82. The zero-order valence-electron chi connectivity index (χ0n) is 4.22. The van der Waals surface area contributed by atoms with E-state index < -0.39 is 0 Å². The van der Waals surface area contributed by atoms with E-state index in [1.165, 1.54) is 0 Å². The number of carbonyl (C=O) groups is 2. The summed E-state index contributed by atoms with van der Waals surface area (Å²) in [5.41, 5.74) is 0. The number of rotatable bonds is 0. The van der Waals surface area contributed by atoms with E-state index in [2.05, 4.69) is 4.74 Å². The molecule has 0 aliphatic carbocycles. The molecule has 0 spiro atoms. The van der Waals surface area contributed by atoms with Gasteiger partial charge in [0.1, 0.15) is 0 Å². The van der Waals surface area contributed by atoms with Crippen LogP contribution in [0.15, 0.2) is 0 Å². The Morgan fingerprint density at radius 1 is 1.14 bits per heavy atom. The minimum absolute atomic E-state index is 0.264. The van der Waals surface area contributed by atoms with E-state index in [1.54, 1.807) is 0 Å². The van der Waals surface area contributed by atoms with Crippen molar-refractivity contribution >= 4 is 2.02 Å². The SMILES string of the molecule is O=[C]([RaH])O[C](=O)[RaH]. The second kappa shape index (κ2) is 4.91. The summed E-state index contributed by atoms with van der Waals surface area (Å²) in [7, 11) is 0. The summed E-state index contributed by atoms with van der Waals surface area (Å²) >= 11 is -0.528. The van der Waals surface area contributed by atoms with Crippen molar-refractivity contribution in [3.8, 4) is 0 Å². The molecule has 0 fully saturated rings. The molecule has 0 atom stereocenters. The van der Waals surface area contributed by atoms with Gasteiger partial charge in [0.15, 0.2) is 0 Å². The van der Waals surface area contributed by atoms with Gasteiger partial charge >= 0.3 is 102 Å². The van der Waals surface area contributed by atoms with Crippen molar-refractivity contribution < 1.29 is 99.9 Å². The Kier molecular flexibility index (Phi) is 6.36. The van der Waals surface area contributed by atoms with Crippen molar-refractivity contribution in [1.82, 2.24) is 0 Å². The van der Waals surface area contributed by atoms with Crippen molar-refractivity contribution in [2.75, 3.05) is 0 Å². The van der Waals surface area contributed by atoms with E-state index in [0.717, 1.165) is 0 Å². The molecule has 0 aromatic rings. The predicted octanol–water partition coefficient (Wildman–Crippen LogP) is -0.194. The standard InChI is InChI=1S/C2O3.2Ra.2H/c3-1-5-2-4;;;;. The van der Waals surface area contributed by atoms with Gasteiger partial charge in [0.05, 0.1) is 0 Å². The summed E-state index contributed by atoms with van der Waals surface area (Å²) in [5, 5.41) is 0. The Morgan fingerprint density at radius 3 is 1.43 bits per heavy atom. The van der Waals surface area contributed by atoms with Gasteiger partial charge in [0.25, 0.3) is 0 Å². The molecule has 0 rings (SSSR count). The van der Waals surface area contributed by atoms with Crippen molar-refractivity contribution in [2.45, 2.75) is 0 Å². The van der Waals surface area contributed by atoms with E-state index in [1.807, 2.05) is 0 Å². The molecular formula is C2H2O3Ra2. The molecule has 0 aromatic heterocycles. The first-order chi connectivity index (χ1) is 3.13. The second-order valence-electron chi connectivity index (χ2n) is 1.09. The normalized spacial score (nSPS) is 7.14. The summed E-state index contributed by atoms with van der Waals surface area (Å²) in [5.74, 6) is 0. The molecule has 0 aromatic carbocycles. The summed E-state index contributed by atoms with van der Waals surface area (Å²) < 4.78 is 3.63. The summed E-state index contributed by atoms with van der Waals surface area (Å²) in [6.07, 6.45) is 0. The van der Waals surface area contributed by atoms with Gasteiger partial charge in [0.2, 0.25) is 0 Å². The van der Waals surface area contributed by atoms with E-state index in [4.69, 9.17) is 0 Å². The van der Waals surface area contributed by atoms with Gasteiger partial charge in [0, 0.05) is 0 Å². The zero-order valence-corrected chi connectivity index (χ0v) is 20.7. The first-order valence-corrected chi connectivity index (χ1v) is 10.0. The molecule has 0 radical (unpaired) electrons. The monoisotopic (exact) mass is 526 g/mol. The summed E-state index contributed by atoms with van der Waals surface area (Å²) in [6.45, 7) is 0. The second-order valence-corrected chi connectivity index (χ2v) is 7.80. The molecule has 0 saturated carbocycles. The average molecular weight is 526 g/mol. The van der Waals surface area contributed by atoms with Crippen LogP contribution < -0.4 is 0 Å². The molecule has 0 unspecified atom stereocenters. The number of hydrogen-bond donors (Lipinski definition) is 0. The van der Waals surface area contributed by atoms with E-state index in [0.29, 0.717) is 0 Å². The first kappa shape index (κ1) is 9.08. The molecule has 3 nitrogen and oxygen atoms in total. The molecule has 5 heteroatoms. The van der Waals surface area contributed by atoms with Gasteiger partial charge in [-0.15, -0.1) is 0 Å². The van der Waals surface area contributed by atoms with Crippen molar-refractivity contribution in [3.63, 3.8) is 0 Å². The fourth-order valence-electron chi connectivity index (χ4n) is 0.202. The average Bonchev–Trinajstić information content (AvgIpc) is 1.27. The third kappa shape index (κ3) is 8.08. The van der Waals surface area contributed by atoms with Crippen LogP contribution in [0.25, 0.3) is 0 Å². The van der Waals surface area contributed by atoms with Crippen LogP contribution in [0.5, 0.6) is 0 Å². The van der Waals surface area contributed by atoms with Gasteiger partial charge in [-0.1, -0.05) is 0 Å². The Balaban J connectivity index is 3.32. The Labute approximate surface area is 99.1 Å². The molecule has 0 amide bonds. The molecule has 0 aliphatic rings. The van der Waals surface area contributed by atoms with Crippen LogP contribution in [-0.2, 0) is 4.74 Å². The minimum atomic E-state index is -0.276. The summed E-state index contributed by atoms with van der Waals surface area (Å²) in [6, 6.07) is 0. The fraction of sp³-hybridized carbons (Fsp3) is 0. The topological polar surface area (TPSA) is 43.4 Å². The Morgan fingerprint density at radius 2 is 1.43 bits per heavy atom. The molecular weight excluding hydrogens is 524 g/mol. The van der Waals surface area contributed by atoms with E-state index in [9.17, 15) is 9.59 Å². The predicted molar refractivity (Wildman–Crippen MR) is 14.7 cm³/mol. The van der Waals surface area contributed by atoms with Crippen LogP contribution in [-0.4, -0.2) is 2.02 Å². The van der Waals surface area contributed by atoms with Crippen LogP contribution in [0.1, 0.15) is 0 Å². The molecule has 7 heavy (non-hydrogen) atoms. The maximum atomic E-state index is 9.95. The van der Waals surface area contributed by atoms with Crippen LogP contribution in [0.4, 0.5) is 9.59 Å². The molecule has 0 aliphatic heterocycles. The molecule has 0 N–H and O–H groups in total. The number of hydrogen-bond acceptors (Lipinski definition) is 3. The van der Waals surface area contributed by atoms with Crippen LogP contribution in [0.3, 0.4) is 0 Å². The Hall–Kier alpha value is 2.08. The molecule has 0 bridgehead atoms. The third-order valence-electron chi connectivity index (χ3n) is 0.287. The van der Waals surface area contributed by atoms with E-state index in [-0.39, 0.29) is 87.6 Å². The van der Waals surface area contributed by atoms with Crippen LogP contribution >= 0.6 is 0 Å². The number of carbonyl (C=O) groups excluding carboxylic acids is 2. The van der Waals surface area contributed by atoms with Gasteiger partial charge < -0.3 is 0 Å². The van der Waals surface area contributed by atoms with Crippen LogP contribution in [0.2, 0.25) is 0 Å². The van der Waals surface area contributed by atoms with Crippen molar-refractivity contribution in [1.29, 1.82) is 0 Å². The van der Waals surface area contributed by atoms with Crippen LogP contribution in [0, 0.1) is 85.6 Å². The molecule has 32 valence electrons. The summed E-state index contributed by atoms with van der Waals surface area (Å²) in [4.78, 5) is 19.9. The quantitative estimate of drug-likeness (QED) is 0.412. The van der Waals surface area contributed by atoms with Gasteiger partial charge in [-0.2, -0.15) is 0 Å². The molecule has 0 saturated heterocycles. The van der Waals surface area contributed by atoms with Crippen molar-refractivity contribution in [3.05, 3.63) is 0 Å². The third-order valence-corrected chi connectivity index (χ3v) is 1.97. The number of ether oxygens (including phenoxy) is 1. The van der Waals surface area contributed by atoms with Gasteiger partial charge in [-0.25, -0.2) is 0 Å². The maximum absolute atomic E-state index is 9.95. The van der Waals surface area contributed by atoms with E-state index >= 15 is 0 Å². The van der Waals surface area contributed by atoms with Crippen molar-refractivity contribution in [2.24, 2.45) is 0 Å².